The third-order valence-corrected chi connectivity index (χ3v) is 6.14. The molecule has 0 aliphatic heterocycles. The molecular formula is C24H34N6O5S. The van der Waals surface area contributed by atoms with Crippen LogP contribution in [0.25, 0.3) is 10.6 Å². The van der Waals surface area contributed by atoms with Crippen LogP contribution in [-0.2, 0) is 20.8 Å². The maximum atomic E-state index is 5.93. The van der Waals surface area contributed by atoms with Crippen LogP contribution in [0.3, 0.4) is 0 Å². The van der Waals surface area contributed by atoms with Crippen LogP contribution in [-0.4, -0.2) is 75.9 Å². The lowest BCUT2D eigenvalue weighted by atomic mass is 10.2. The number of hydrogen-bond acceptors (Lipinski definition) is 12. The SMILES string of the molecule is COCCOCCOCCOc1cc(-c2nc(CN(C)c3nc(N)cc(N)n3)c(C)s2)ccc1OC. The molecule has 0 saturated carbocycles. The number of nitrogens with zero attached hydrogens (tertiary/aromatic N) is 4. The molecule has 0 atom stereocenters. The molecule has 3 aromatic rings. The third kappa shape index (κ3) is 7.92. The van der Waals surface area contributed by atoms with Crippen LogP contribution >= 0.6 is 11.3 Å². The molecule has 0 unspecified atom stereocenters. The number of nitrogen functional groups attached to an aromatic ring is 2. The van der Waals surface area contributed by atoms with Gasteiger partial charge in [0.2, 0.25) is 5.95 Å². The zero-order chi connectivity index (χ0) is 25.9. The first-order valence-corrected chi connectivity index (χ1v) is 12.3. The number of nitrogens with two attached hydrogens (primary N) is 2. The summed E-state index contributed by atoms with van der Waals surface area (Å²) in [5.74, 6) is 2.37. The number of benzene rings is 1. The van der Waals surface area contributed by atoms with Gasteiger partial charge in [0.25, 0.3) is 0 Å². The predicted octanol–water partition coefficient (Wildman–Crippen LogP) is 2.78. The first-order valence-electron chi connectivity index (χ1n) is 11.4. The van der Waals surface area contributed by atoms with Crippen molar-refractivity contribution in [1.82, 2.24) is 15.0 Å². The van der Waals surface area contributed by atoms with Crippen LogP contribution in [0.1, 0.15) is 10.6 Å². The Balaban J connectivity index is 1.61. The summed E-state index contributed by atoms with van der Waals surface area (Å²) in [7, 11) is 5.13. The Labute approximate surface area is 215 Å². The maximum Gasteiger partial charge on any atom is 0.229 e. The van der Waals surface area contributed by atoms with Gasteiger partial charge in [0.05, 0.1) is 52.4 Å². The first kappa shape index (κ1) is 27.4. The van der Waals surface area contributed by atoms with Crippen molar-refractivity contribution in [3.63, 3.8) is 0 Å². The zero-order valence-corrected chi connectivity index (χ0v) is 22.0. The molecule has 0 aliphatic carbocycles. The minimum atomic E-state index is 0.326. The van der Waals surface area contributed by atoms with Gasteiger partial charge in [-0.15, -0.1) is 11.3 Å². The molecule has 0 bridgehead atoms. The van der Waals surface area contributed by atoms with E-state index in [1.807, 2.05) is 37.1 Å². The highest BCUT2D eigenvalue weighted by Gasteiger charge is 2.16. The molecule has 2 aromatic heterocycles. The molecule has 3 rings (SSSR count). The number of rotatable bonds is 15. The Morgan fingerprint density at radius 1 is 0.861 bits per heavy atom. The molecule has 0 radical (unpaired) electrons. The van der Waals surface area contributed by atoms with Crippen molar-refractivity contribution in [2.24, 2.45) is 0 Å². The number of thiazole rings is 1. The van der Waals surface area contributed by atoms with Crippen LogP contribution in [0.2, 0.25) is 0 Å². The average molecular weight is 519 g/mol. The van der Waals surface area contributed by atoms with Crippen molar-refractivity contribution in [2.45, 2.75) is 13.5 Å². The minimum Gasteiger partial charge on any atom is -0.493 e. The number of anilines is 3. The molecule has 0 fully saturated rings. The molecule has 0 spiro atoms. The lowest BCUT2D eigenvalue weighted by molar-refractivity contribution is 0.0178. The summed E-state index contributed by atoms with van der Waals surface area (Å²) in [6.45, 7) is 5.50. The summed E-state index contributed by atoms with van der Waals surface area (Å²) < 4.78 is 27.3. The van der Waals surface area contributed by atoms with Crippen LogP contribution in [0, 0.1) is 6.92 Å². The van der Waals surface area contributed by atoms with Gasteiger partial charge in [-0.25, -0.2) is 4.98 Å². The molecule has 12 heteroatoms. The van der Waals surface area contributed by atoms with Crippen molar-refractivity contribution in [3.05, 3.63) is 34.8 Å². The van der Waals surface area contributed by atoms with E-state index in [4.69, 9.17) is 40.1 Å². The lowest BCUT2D eigenvalue weighted by Crippen LogP contribution is -2.20. The first-order chi connectivity index (χ1) is 17.4. The molecule has 11 nitrogen and oxygen atoms in total. The van der Waals surface area contributed by atoms with E-state index in [9.17, 15) is 0 Å². The Bertz CT molecular complexity index is 1090. The monoisotopic (exact) mass is 518 g/mol. The van der Waals surface area contributed by atoms with E-state index in [-0.39, 0.29) is 0 Å². The largest absolute Gasteiger partial charge is 0.493 e. The summed E-state index contributed by atoms with van der Waals surface area (Å²) in [4.78, 5) is 16.3. The molecule has 36 heavy (non-hydrogen) atoms. The van der Waals surface area contributed by atoms with E-state index < -0.39 is 0 Å². The van der Waals surface area contributed by atoms with Crippen LogP contribution in [0.4, 0.5) is 17.6 Å². The smallest absolute Gasteiger partial charge is 0.229 e. The number of aryl methyl sites for hydroxylation is 1. The Kier molecular flexibility index (Phi) is 10.5. The third-order valence-electron chi connectivity index (χ3n) is 5.07. The molecule has 0 saturated heterocycles. The predicted molar refractivity (Wildman–Crippen MR) is 141 cm³/mol. The fourth-order valence-electron chi connectivity index (χ4n) is 3.23. The second kappa shape index (κ2) is 13.8. The van der Waals surface area contributed by atoms with E-state index in [2.05, 4.69) is 9.97 Å². The highest BCUT2D eigenvalue weighted by atomic mass is 32.1. The van der Waals surface area contributed by atoms with Gasteiger partial charge in [-0.1, -0.05) is 0 Å². The van der Waals surface area contributed by atoms with E-state index in [0.29, 0.717) is 75.3 Å². The Hall–Kier alpha value is -3.19. The van der Waals surface area contributed by atoms with Gasteiger partial charge in [0.15, 0.2) is 11.5 Å². The van der Waals surface area contributed by atoms with E-state index in [0.717, 1.165) is 21.1 Å². The number of aromatic nitrogens is 3. The number of methoxy groups -OCH3 is 2. The second-order valence-corrected chi connectivity index (χ2v) is 9.03. The summed E-state index contributed by atoms with van der Waals surface area (Å²) in [6, 6.07) is 7.30. The Morgan fingerprint density at radius 3 is 2.19 bits per heavy atom. The molecular weight excluding hydrogens is 484 g/mol. The lowest BCUT2D eigenvalue weighted by Gasteiger charge is -2.16. The average Bonchev–Trinajstić information content (AvgIpc) is 3.22. The van der Waals surface area contributed by atoms with Crippen molar-refractivity contribution < 1.29 is 23.7 Å². The van der Waals surface area contributed by atoms with Crippen LogP contribution in [0.15, 0.2) is 24.3 Å². The van der Waals surface area contributed by atoms with E-state index in [1.165, 1.54) is 6.07 Å². The molecule has 4 N–H and O–H groups in total. The maximum absolute atomic E-state index is 5.93. The zero-order valence-electron chi connectivity index (χ0n) is 21.2. The highest BCUT2D eigenvalue weighted by molar-refractivity contribution is 7.15. The molecule has 0 aliphatic rings. The van der Waals surface area contributed by atoms with E-state index in [1.54, 1.807) is 25.6 Å². The standard InChI is InChI=1S/C24H34N6O5S/c1-16-18(15-30(2)24-28-21(25)14-22(26)29-24)27-23(36-16)17-5-6-19(32-4)20(13-17)35-12-11-34-10-9-33-8-7-31-3/h5-6,13-14H,7-12,15H2,1-4H3,(H4,25,26,28,29). The molecule has 1 aromatic carbocycles. The quantitative estimate of drug-likeness (QED) is 0.287. The van der Waals surface area contributed by atoms with Crippen LogP contribution in [0.5, 0.6) is 11.5 Å². The van der Waals surface area contributed by atoms with Gasteiger partial charge >= 0.3 is 0 Å². The fourth-order valence-corrected chi connectivity index (χ4v) is 4.15. The minimum absolute atomic E-state index is 0.326. The van der Waals surface area contributed by atoms with Gasteiger partial charge in [0, 0.05) is 30.7 Å². The second-order valence-electron chi connectivity index (χ2n) is 7.83. The molecule has 2 heterocycles. The van der Waals surface area contributed by atoms with E-state index >= 15 is 0 Å². The summed E-state index contributed by atoms with van der Waals surface area (Å²) >= 11 is 1.60. The van der Waals surface area contributed by atoms with Gasteiger partial charge in [-0.2, -0.15) is 9.97 Å². The highest BCUT2D eigenvalue weighted by Crippen LogP contribution is 2.35. The molecule has 196 valence electrons. The van der Waals surface area contributed by atoms with Crippen molar-refractivity contribution in [3.8, 4) is 22.1 Å². The fraction of sp³-hybridized carbons (Fsp3) is 0.458. The summed E-state index contributed by atoms with van der Waals surface area (Å²) in [5.41, 5.74) is 13.5. The number of hydrogen-bond donors (Lipinski definition) is 2. The van der Waals surface area contributed by atoms with Gasteiger partial charge in [0.1, 0.15) is 23.3 Å². The normalized spacial score (nSPS) is 11.0. The van der Waals surface area contributed by atoms with Crippen molar-refractivity contribution in [2.75, 3.05) is 77.3 Å². The summed E-state index contributed by atoms with van der Waals surface area (Å²) in [5, 5.41) is 0.876. The summed E-state index contributed by atoms with van der Waals surface area (Å²) in [6.07, 6.45) is 0. The van der Waals surface area contributed by atoms with Crippen molar-refractivity contribution >= 4 is 28.9 Å². The van der Waals surface area contributed by atoms with Gasteiger partial charge in [-0.05, 0) is 25.1 Å². The van der Waals surface area contributed by atoms with Gasteiger partial charge in [-0.3, -0.25) is 0 Å². The van der Waals surface area contributed by atoms with Gasteiger partial charge < -0.3 is 40.1 Å². The molecule has 0 amide bonds. The van der Waals surface area contributed by atoms with Crippen LogP contribution < -0.4 is 25.8 Å². The topological polar surface area (TPSA) is 140 Å². The Morgan fingerprint density at radius 2 is 1.53 bits per heavy atom. The number of ether oxygens (including phenoxy) is 5. The van der Waals surface area contributed by atoms with Crippen molar-refractivity contribution in [1.29, 1.82) is 0 Å².